The number of likely N-dealkylation sites (tertiary alicyclic amines) is 1. The predicted molar refractivity (Wildman–Crippen MR) is 70.6 cm³/mol. The van der Waals surface area contributed by atoms with Crippen LogP contribution in [0, 0.1) is 0 Å². The van der Waals surface area contributed by atoms with E-state index in [4.69, 9.17) is 0 Å². The van der Waals surface area contributed by atoms with Crippen molar-refractivity contribution in [2.24, 2.45) is 0 Å². The lowest BCUT2D eigenvalue weighted by molar-refractivity contribution is -0.137. The highest BCUT2D eigenvalue weighted by atomic mass is 32.2. The van der Waals surface area contributed by atoms with Crippen LogP contribution in [0.5, 0.6) is 0 Å². The molecule has 0 aliphatic carbocycles. The molecule has 1 aliphatic rings. The van der Waals surface area contributed by atoms with Crippen LogP contribution >= 0.6 is 0 Å². The number of alkyl halides is 3. The molecule has 4 nitrogen and oxygen atoms in total. The Hall–Kier alpha value is -1.57. The van der Waals surface area contributed by atoms with Crippen molar-refractivity contribution in [2.75, 3.05) is 19.3 Å². The number of sulfone groups is 1. The largest absolute Gasteiger partial charge is 0.416 e. The summed E-state index contributed by atoms with van der Waals surface area (Å²) in [5.41, 5.74) is -0.702. The molecule has 0 N–H and O–H groups in total. The predicted octanol–water partition coefficient (Wildman–Crippen LogP) is 1.96. The Kier molecular flexibility index (Phi) is 4.01. The molecule has 0 aromatic heterocycles. The Labute approximate surface area is 120 Å². The number of benzene rings is 1. The smallest absolute Gasteiger partial charge is 0.337 e. The van der Waals surface area contributed by atoms with Gasteiger partial charge in [0.2, 0.25) is 0 Å². The molecule has 1 heterocycles. The first-order chi connectivity index (χ1) is 9.59. The average Bonchev–Trinajstić information content (AvgIpc) is 2.86. The Bertz CT molecular complexity index is 638. The summed E-state index contributed by atoms with van der Waals surface area (Å²) in [5, 5.41) is -0.601. The molecular formula is C13H14F3NO3S. The van der Waals surface area contributed by atoms with Crippen LogP contribution < -0.4 is 0 Å². The van der Waals surface area contributed by atoms with Crippen LogP contribution in [0.15, 0.2) is 24.3 Å². The van der Waals surface area contributed by atoms with E-state index < -0.39 is 32.7 Å². The highest BCUT2D eigenvalue weighted by molar-refractivity contribution is 7.91. The zero-order chi connectivity index (χ0) is 15.8. The van der Waals surface area contributed by atoms with E-state index in [1.165, 1.54) is 4.90 Å². The minimum atomic E-state index is -4.45. The molecule has 1 unspecified atom stereocenters. The van der Waals surface area contributed by atoms with Crippen molar-refractivity contribution in [3.8, 4) is 0 Å². The number of nitrogens with zero attached hydrogens (tertiary/aromatic N) is 1. The van der Waals surface area contributed by atoms with Gasteiger partial charge >= 0.3 is 6.18 Å². The van der Waals surface area contributed by atoms with Crippen LogP contribution in [0.25, 0.3) is 0 Å². The first-order valence-corrected chi connectivity index (χ1v) is 8.20. The molecule has 1 aromatic carbocycles. The van der Waals surface area contributed by atoms with Crippen LogP contribution in [0.2, 0.25) is 0 Å². The maximum Gasteiger partial charge on any atom is 0.416 e. The molecule has 2 rings (SSSR count). The van der Waals surface area contributed by atoms with E-state index in [0.29, 0.717) is 6.42 Å². The van der Waals surface area contributed by atoms with Crippen LogP contribution in [0.1, 0.15) is 22.3 Å². The van der Waals surface area contributed by atoms with Crippen LogP contribution in [-0.4, -0.2) is 43.8 Å². The number of rotatable bonds is 2. The van der Waals surface area contributed by atoms with Gasteiger partial charge < -0.3 is 4.90 Å². The molecule has 116 valence electrons. The third-order valence-electron chi connectivity index (χ3n) is 3.50. The molecule has 1 aromatic rings. The quantitative estimate of drug-likeness (QED) is 0.837. The van der Waals surface area contributed by atoms with Gasteiger partial charge in [0.05, 0.1) is 10.8 Å². The van der Waals surface area contributed by atoms with E-state index in [2.05, 4.69) is 0 Å². The van der Waals surface area contributed by atoms with Crippen molar-refractivity contribution in [2.45, 2.75) is 17.8 Å². The molecule has 1 atom stereocenters. The second kappa shape index (κ2) is 5.32. The first kappa shape index (κ1) is 15.8. The Morgan fingerprint density at radius 1 is 1.24 bits per heavy atom. The summed E-state index contributed by atoms with van der Waals surface area (Å²) in [7, 11) is -3.22. The standard InChI is InChI=1S/C13H14F3NO3S/c1-21(19,20)11-6-7-17(8-11)12(18)9-2-4-10(5-3-9)13(14,15)16/h2-5,11H,6-8H2,1H3. The molecule has 1 fully saturated rings. The summed E-state index contributed by atoms with van der Waals surface area (Å²) in [6.07, 6.45) is -2.98. The molecule has 0 saturated carbocycles. The molecule has 0 spiro atoms. The van der Waals surface area contributed by atoms with Crippen LogP contribution in [0.3, 0.4) is 0 Å². The van der Waals surface area contributed by atoms with Gasteiger partial charge in [-0.15, -0.1) is 0 Å². The summed E-state index contributed by atoms with van der Waals surface area (Å²) in [6.45, 7) is 0.371. The van der Waals surface area contributed by atoms with Gasteiger partial charge in [0.15, 0.2) is 9.84 Å². The van der Waals surface area contributed by atoms with Gasteiger partial charge in [-0.3, -0.25) is 4.79 Å². The van der Waals surface area contributed by atoms with E-state index in [-0.39, 0.29) is 18.7 Å². The van der Waals surface area contributed by atoms with Crippen molar-refractivity contribution in [1.29, 1.82) is 0 Å². The van der Waals surface area contributed by atoms with Gasteiger partial charge in [-0.2, -0.15) is 13.2 Å². The van der Waals surface area contributed by atoms with Crippen molar-refractivity contribution >= 4 is 15.7 Å². The van der Waals surface area contributed by atoms with E-state index in [1.54, 1.807) is 0 Å². The van der Waals surface area contributed by atoms with Crippen LogP contribution in [0.4, 0.5) is 13.2 Å². The van der Waals surface area contributed by atoms with E-state index in [1.807, 2.05) is 0 Å². The fourth-order valence-corrected chi connectivity index (χ4v) is 3.23. The molecule has 1 saturated heterocycles. The first-order valence-electron chi connectivity index (χ1n) is 6.24. The summed E-state index contributed by atoms with van der Waals surface area (Å²) in [4.78, 5) is 13.5. The highest BCUT2D eigenvalue weighted by Crippen LogP contribution is 2.29. The molecular weight excluding hydrogens is 307 g/mol. The highest BCUT2D eigenvalue weighted by Gasteiger charge is 2.34. The average molecular weight is 321 g/mol. The normalized spacial score (nSPS) is 19.8. The van der Waals surface area contributed by atoms with Crippen molar-refractivity contribution < 1.29 is 26.4 Å². The van der Waals surface area contributed by atoms with Crippen LogP contribution in [-0.2, 0) is 16.0 Å². The summed E-state index contributed by atoms with van der Waals surface area (Å²) in [6, 6.07) is 3.91. The second-order valence-electron chi connectivity index (χ2n) is 5.07. The molecule has 1 aliphatic heterocycles. The zero-order valence-corrected chi connectivity index (χ0v) is 12.0. The molecule has 8 heteroatoms. The number of hydrogen-bond donors (Lipinski definition) is 0. The monoisotopic (exact) mass is 321 g/mol. The topological polar surface area (TPSA) is 54.5 Å². The minimum absolute atomic E-state index is 0.0820. The van der Waals surface area contributed by atoms with Crippen molar-refractivity contribution in [1.82, 2.24) is 4.90 Å². The van der Waals surface area contributed by atoms with E-state index in [9.17, 15) is 26.4 Å². The number of hydrogen-bond acceptors (Lipinski definition) is 3. The lowest BCUT2D eigenvalue weighted by atomic mass is 10.1. The Morgan fingerprint density at radius 3 is 2.24 bits per heavy atom. The molecule has 0 radical (unpaired) electrons. The van der Waals surface area contributed by atoms with E-state index in [0.717, 1.165) is 30.5 Å². The lowest BCUT2D eigenvalue weighted by Gasteiger charge is -2.16. The SMILES string of the molecule is CS(=O)(=O)C1CCN(C(=O)c2ccc(C(F)(F)F)cc2)C1. The second-order valence-corrected chi connectivity index (χ2v) is 7.39. The zero-order valence-electron chi connectivity index (χ0n) is 11.2. The summed E-state index contributed by atoms with van der Waals surface area (Å²) in [5.74, 6) is -0.449. The fraction of sp³-hybridized carbons (Fsp3) is 0.462. The third kappa shape index (κ3) is 3.55. The van der Waals surface area contributed by atoms with Gasteiger partial charge in [0.1, 0.15) is 0 Å². The number of amides is 1. The Balaban J connectivity index is 2.11. The van der Waals surface area contributed by atoms with Gasteiger partial charge in [-0.1, -0.05) is 0 Å². The lowest BCUT2D eigenvalue weighted by Crippen LogP contribution is -2.31. The van der Waals surface area contributed by atoms with Crippen molar-refractivity contribution in [3.63, 3.8) is 0 Å². The summed E-state index contributed by atoms with van der Waals surface area (Å²) >= 11 is 0. The third-order valence-corrected chi connectivity index (χ3v) is 5.09. The molecule has 21 heavy (non-hydrogen) atoms. The number of carbonyl (C=O) groups is 1. The van der Waals surface area contributed by atoms with Gasteiger partial charge in [-0.25, -0.2) is 8.42 Å². The fourth-order valence-electron chi connectivity index (χ4n) is 2.25. The number of carbonyl (C=O) groups excluding carboxylic acids is 1. The summed E-state index contributed by atoms with van der Waals surface area (Å²) < 4.78 is 60.2. The van der Waals surface area contributed by atoms with E-state index >= 15 is 0 Å². The number of halogens is 3. The van der Waals surface area contributed by atoms with Gasteiger partial charge in [0.25, 0.3) is 5.91 Å². The maximum atomic E-state index is 12.4. The van der Waals surface area contributed by atoms with Gasteiger partial charge in [0, 0.05) is 24.9 Å². The molecule has 0 bridgehead atoms. The maximum absolute atomic E-state index is 12.4. The minimum Gasteiger partial charge on any atom is -0.337 e. The van der Waals surface area contributed by atoms with Gasteiger partial charge in [-0.05, 0) is 30.7 Å². The molecule has 1 amide bonds. The van der Waals surface area contributed by atoms with Crippen molar-refractivity contribution in [3.05, 3.63) is 35.4 Å². The Morgan fingerprint density at radius 2 is 1.81 bits per heavy atom.